The van der Waals surface area contributed by atoms with E-state index >= 15 is 0 Å². The number of hydrogen-bond donors (Lipinski definition) is 0. The topological polar surface area (TPSA) is 51.7 Å². The van der Waals surface area contributed by atoms with Crippen LogP contribution in [0, 0.1) is 12.8 Å². The molecule has 0 atom stereocenters. The summed E-state index contributed by atoms with van der Waals surface area (Å²) in [6.45, 7) is 4.20. The standard InChI is InChI=1S/C19H24N2O3S/c1-14-3-7-17(8-4-14)24-12-18-20-16(13-25-18)11-21(9-10-23-2)19(22)15-5-6-15/h3-4,7-8,13,15H,5-6,9-12H2,1-2H3. The Kier molecular flexibility index (Phi) is 6.04. The highest BCUT2D eigenvalue weighted by Gasteiger charge is 2.33. The Morgan fingerprint density at radius 1 is 1.32 bits per heavy atom. The third-order valence-electron chi connectivity index (χ3n) is 4.14. The summed E-state index contributed by atoms with van der Waals surface area (Å²) in [7, 11) is 1.66. The van der Waals surface area contributed by atoms with Crippen LogP contribution in [0.15, 0.2) is 29.6 Å². The Bertz CT molecular complexity index is 695. The van der Waals surface area contributed by atoms with E-state index in [9.17, 15) is 4.79 Å². The van der Waals surface area contributed by atoms with E-state index in [1.807, 2.05) is 34.5 Å². The minimum atomic E-state index is 0.208. The molecule has 0 aliphatic heterocycles. The van der Waals surface area contributed by atoms with Crippen molar-refractivity contribution in [1.82, 2.24) is 9.88 Å². The van der Waals surface area contributed by atoms with Gasteiger partial charge in [-0.15, -0.1) is 11.3 Å². The van der Waals surface area contributed by atoms with E-state index < -0.39 is 0 Å². The number of nitrogens with zero attached hydrogens (tertiary/aromatic N) is 2. The van der Waals surface area contributed by atoms with E-state index in [2.05, 4.69) is 11.9 Å². The molecule has 1 fully saturated rings. The average Bonchev–Trinajstić information content (AvgIpc) is 3.38. The highest BCUT2D eigenvalue weighted by atomic mass is 32.1. The zero-order chi connectivity index (χ0) is 17.6. The molecule has 25 heavy (non-hydrogen) atoms. The molecule has 1 aromatic heterocycles. The third kappa shape index (κ3) is 5.28. The summed E-state index contributed by atoms with van der Waals surface area (Å²) >= 11 is 1.57. The van der Waals surface area contributed by atoms with Crippen LogP contribution in [-0.2, 0) is 22.7 Å². The van der Waals surface area contributed by atoms with Gasteiger partial charge in [-0.05, 0) is 31.9 Å². The van der Waals surface area contributed by atoms with Crippen LogP contribution in [0.2, 0.25) is 0 Å². The Hall–Kier alpha value is -1.92. The van der Waals surface area contributed by atoms with Crippen LogP contribution in [0.5, 0.6) is 5.75 Å². The summed E-state index contributed by atoms with van der Waals surface area (Å²) in [5.74, 6) is 1.27. The molecule has 134 valence electrons. The first-order chi connectivity index (χ1) is 12.2. The van der Waals surface area contributed by atoms with Crippen LogP contribution in [0.3, 0.4) is 0 Å². The third-order valence-corrected chi connectivity index (χ3v) is 5.01. The van der Waals surface area contributed by atoms with Crippen molar-refractivity contribution in [1.29, 1.82) is 0 Å². The van der Waals surface area contributed by atoms with Gasteiger partial charge in [0.2, 0.25) is 5.91 Å². The van der Waals surface area contributed by atoms with E-state index in [4.69, 9.17) is 9.47 Å². The van der Waals surface area contributed by atoms with Crippen LogP contribution in [0.25, 0.3) is 0 Å². The maximum atomic E-state index is 12.4. The van der Waals surface area contributed by atoms with Gasteiger partial charge in [0.25, 0.3) is 0 Å². The van der Waals surface area contributed by atoms with Crippen molar-refractivity contribution in [2.45, 2.75) is 32.9 Å². The highest BCUT2D eigenvalue weighted by molar-refractivity contribution is 7.09. The fraction of sp³-hybridized carbons (Fsp3) is 0.474. The molecule has 2 aromatic rings. The van der Waals surface area contributed by atoms with Crippen molar-refractivity contribution in [2.75, 3.05) is 20.3 Å². The molecule has 0 saturated heterocycles. The minimum Gasteiger partial charge on any atom is -0.486 e. The number of rotatable bonds is 9. The zero-order valence-corrected chi connectivity index (χ0v) is 15.6. The van der Waals surface area contributed by atoms with Crippen molar-refractivity contribution < 1.29 is 14.3 Å². The summed E-state index contributed by atoms with van der Waals surface area (Å²) < 4.78 is 10.9. The molecule has 0 N–H and O–H groups in total. The maximum Gasteiger partial charge on any atom is 0.226 e. The van der Waals surface area contributed by atoms with Crippen molar-refractivity contribution in [3.05, 3.63) is 45.9 Å². The molecule has 0 unspecified atom stereocenters. The van der Waals surface area contributed by atoms with Gasteiger partial charge in [0, 0.05) is 25.0 Å². The number of aromatic nitrogens is 1. The molecule has 3 rings (SSSR count). The fourth-order valence-electron chi connectivity index (χ4n) is 2.52. The lowest BCUT2D eigenvalue weighted by molar-refractivity contribution is -0.133. The van der Waals surface area contributed by atoms with Gasteiger partial charge in [0.15, 0.2) is 0 Å². The lowest BCUT2D eigenvalue weighted by Crippen LogP contribution is -2.34. The molecule has 1 amide bonds. The Labute approximate surface area is 152 Å². The molecule has 1 aliphatic carbocycles. The van der Waals surface area contributed by atoms with Crippen LogP contribution >= 0.6 is 11.3 Å². The van der Waals surface area contributed by atoms with Gasteiger partial charge in [0.05, 0.1) is 18.8 Å². The molecule has 1 saturated carbocycles. The van der Waals surface area contributed by atoms with Crippen LogP contribution < -0.4 is 4.74 Å². The van der Waals surface area contributed by atoms with Crippen molar-refractivity contribution in [3.63, 3.8) is 0 Å². The number of thiazole rings is 1. The van der Waals surface area contributed by atoms with Crippen LogP contribution in [0.1, 0.15) is 29.1 Å². The van der Waals surface area contributed by atoms with Gasteiger partial charge < -0.3 is 14.4 Å². The average molecular weight is 360 g/mol. The minimum absolute atomic E-state index is 0.208. The van der Waals surface area contributed by atoms with Gasteiger partial charge in [-0.1, -0.05) is 17.7 Å². The summed E-state index contributed by atoms with van der Waals surface area (Å²) in [5, 5.41) is 2.93. The number of carbonyl (C=O) groups is 1. The van der Waals surface area contributed by atoms with Gasteiger partial charge >= 0.3 is 0 Å². The number of carbonyl (C=O) groups excluding carboxylic acids is 1. The van der Waals surface area contributed by atoms with Crippen LogP contribution in [0.4, 0.5) is 0 Å². The Morgan fingerprint density at radius 2 is 2.08 bits per heavy atom. The molecule has 1 heterocycles. The molecular weight excluding hydrogens is 336 g/mol. The molecule has 0 spiro atoms. The number of benzene rings is 1. The summed E-state index contributed by atoms with van der Waals surface area (Å²) in [6.07, 6.45) is 2.02. The Balaban J connectivity index is 1.55. The Morgan fingerprint density at radius 3 is 2.76 bits per heavy atom. The second-order valence-electron chi connectivity index (χ2n) is 6.36. The molecule has 1 aromatic carbocycles. The van der Waals surface area contributed by atoms with Gasteiger partial charge in [0.1, 0.15) is 17.4 Å². The fourth-order valence-corrected chi connectivity index (χ4v) is 3.22. The first-order valence-electron chi connectivity index (χ1n) is 8.56. The SMILES string of the molecule is COCCN(Cc1csc(COc2ccc(C)cc2)n1)C(=O)C1CC1. The predicted molar refractivity (Wildman–Crippen MR) is 97.6 cm³/mol. The van der Waals surface area contributed by atoms with E-state index in [1.54, 1.807) is 18.4 Å². The van der Waals surface area contributed by atoms with E-state index in [1.165, 1.54) is 5.56 Å². The monoisotopic (exact) mass is 360 g/mol. The number of amides is 1. The molecule has 0 radical (unpaired) electrons. The zero-order valence-electron chi connectivity index (χ0n) is 14.7. The van der Waals surface area contributed by atoms with E-state index in [0.29, 0.717) is 26.3 Å². The summed E-state index contributed by atoms with van der Waals surface area (Å²) in [5.41, 5.74) is 2.12. The molecule has 5 nitrogen and oxygen atoms in total. The van der Waals surface area contributed by atoms with Crippen molar-refractivity contribution in [2.24, 2.45) is 5.92 Å². The smallest absolute Gasteiger partial charge is 0.226 e. The van der Waals surface area contributed by atoms with Gasteiger partial charge in [-0.2, -0.15) is 0 Å². The lowest BCUT2D eigenvalue weighted by atomic mass is 10.2. The van der Waals surface area contributed by atoms with Crippen LogP contribution in [-0.4, -0.2) is 36.1 Å². The summed E-state index contributed by atoms with van der Waals surface area (Å²) in [6, 6.07) is 7.98. The number of hydrogen-bond acceptors (Lipinski definition) is 5. The maximum absolute atomic E-state index is 12.4. The molecule has 6 heteroatoms. The highest BCUT2D eigenvalue weighted by Crippen LogP contribution is 2.31. The number of ether oxygens (including phenoxy) is 2. The van der Waals surface area contributed by atoms with Crippen molar-refractivity contribution >= 4 is 17.2 Å². The first-order valence-corrected chi connectivity index (χ1v) is 9.44. The van der Waals surface area contributed by atoms with E-state index in [-0.39, 0.29) is 11.8 Å². The largest absolute Gasteiger partial charge is 0.486 e. The predicted octanol–water partition coefficient (Wildman–Crippen LogP) is 3.42. The molecular formula is C19H24N2O3S. The first kappa shape index (κ1) is 17.9. The number of methoxy groups -OCH3 is 1. The number of aryl methyl sites for hydroxylation is 1. The van der Waals surface area contributed by atoms with E-state index in [0.717, 1.165) is 29.3 Å². The lowest BCUT2D eigenvalue weighted by Gasteiger charge is -2.21. The summed E-state index contributed by atoms with van der Waals surface area (Å²) in [4.78, 5) is 18.9. The molecule has 1 aliphatic rings. The van der Waals surface area contributed by atoms with Gasteiger partial charge in [-0.3, -0.25) is 4.79 Å². The molecule has 0 bridgehead atoms. The van der Waals surface area contributed by atoms with Crippen molar-refractivity contribution in [3.8, 4) is 5.75 Å². The second-order valence-corrected chi connectivity index (χ2v) is 7.30. The van der Waals surface area contributed by atoms with Gasteiger partial charge in [-0.25, -0.2) is 4.98 Å². The normalized spacial score (nSPS) is 13.7. The second kappa shape index (κ2) is 8.45. The quantitative estimate of drug-likeness (QED) is 0.688.